The molecule has 0 aromatic carbocycles. The molecule has 2 aliphatic rings. The fraction of sp³-hybridized carbons (Fsp3) is 0.875. The van der Waals surface area contributed by atoms with E-state index in [1.54, 1.807) is 0 Å². The van der Waals surface area contributed by atoms with Gasteiger partial charge >= 0.3 is 12.0 Å². The van der Waals surface area contributed by atoms with Crippen LogP contribution in [0, 0.1) is 5.92 Å². The number of carbonyl (C=O) groups is 2. The summed E-state index contributed by atoms with van der Waals surface area (Å²) in [6.45, 7) is 0. The first-order valence-corrected chi connectivity index (χ1v) is 8.46. The maximum atomic E-state index is 12.1. The van der Waals surface area contributed by atoms with Crippen molar-refractivity contribution in [1.82, 2.24) is 10.6 Å². The van der Waals surface area contributed by atoms with Crippen LogP contribution in [0.15, 0.2) is 0 Å². The third kappa shape index (κ3) is 5.21. The second-order valence-electron chi connectivity index (χ2n) is 6.50. The lowest BCUT2D eigenvalue weighted by Gasteiger charge is -2.30. The molecule has 0 bridgehead atoms. The molecule has 3 N–H and O–H groups in total. The van der Waals surface area contributed by atoms with Crippen molar-refractivity contribution >= 4 is 12.0 Å². The first kappa shape index (κ1) is 16.1. The summed E-state index contributed by atoms with van der Waals surface area (Å²) in [6.07, 6.45) is 11.6. The Balaban J connectivity index is 1.80. The molecule has 0 heterocycles. The van der Waals surface area contributed by atoms with Crippen LogP contribution in [-0.4, -0.2) is 29.2 Å². The molecule has 0 aromatic heterocycles. The summed E-state index contributed by atoms with van der Waals surface area (Å²) in [6, 6.07) is -0.152. The fourth-order valence-corrected chi connectivity index (χ4v) is 3.60. The van der Waals surface area contributed by atoms with Crippen molar-refractivity contribution in [3.05, 3.63) is 0 Å². The summed E-state index contributed by atoms with van der Waals surface area (Å²) >= 11 is 0. The molecule has 2 aliphatic carbocycles. The van der Waals surface area contributed by atoms with Crippen LogP contribution in [0.4, 0.5) is 4.79 Å². The van der Waals surface area contributed by atoms with E-state index in [0.29, 0.717) is 6.42 Å². The van der Waals surface area contributed by atoms with Crippen molar-refractivity contribution in [2.45, 2.75) is 82.7 Å². The Kier molecular flexibility index (Phi) is 6.33. The van der Waals surface area contributed by atoms with E-state index in [-0.39, 0.29) is 18.1 Å². The molecular weight excluding hydrogens is 268 g/mol. The van der Waals surface area contributed by atoms with E-state index in [1.807, 2.05) is 0 Å². The van der Waals surface area contributed by atoms with Crippen LogP contribution in [0.25, 0.3) is 0 Å². The molecule has 0 radical (unpaired) electrons. The number of rotatable bonds is 3. The highest BCUT2D eigenvalue weighted by Gasteiger charge is 2.32. The Labute approximate surface area is 126 Å². The van der Waals surface area contributed by atoms with Crippen molar-refractivity contribution in [2.75, 3.05) is 0 Å². The van der Waals surface area contributed by atoms with E-state index in [1.165, 1.54) is 32.1 Å². The predicted molar refractivity (Wildman–Crippen MR) is 81.2 cm³/mol. The number of carboxylic acid groups (broad SMARTS) is 1. The Hall–Kier alpha value is -1.26. The van der Waals surface area contributed by atoms with Gasteiger partial charge in [-0.2, -0.15) is 0 Å². The number of carbonyl (C=O) groups excluding carboxylic acids is 1. The minimum absolute atomic E-state index is 0.182. The Morgan fingerprint density at radius 1 is 0.762 bits per heavy atom. The third-order valence-electron chi connectivity index (χ3n) is 4.84. The molecular formula is C16H28N2O3. The first-order chi connectivity index (χ1) is 10.2. The number of aliphatic carboxylic acids is 1. The van der Waals surface area contributed by atoms with Gasteiger partial charge in [-0.3, -0.25) is 4.79 Å². The van der Waals surface area contributed by atoms with Crippen molar-refractivity contribution in [3.8, 4) is 0 Å². The first-order valence-electron chi connectivity index (χ1n) is 8.46. The quantitative estimate of drug-likeness (QED) is 0.749. The van der Waals surface area contributed by atoms with Crippen molar-refractivity contribution in [1.29, 1.82) is 0 Å². The van der Waals surface area contributed by atoms with Gasteiger partial charge in [-0.25, -0.2) is 4.79 Å². The Morgan fingerprint density at radius 2 is 1.33 bits per heavy atom. The molecule has 2 fully saturated rings. The largest absolute Gasteiger partial charge is 0.481 e. The maximum absolute atomic E-state index is 12.1. The Morgan fingerprint density at radius 3 is 2.00 bits per heavy atom. The van der Waals surface area contributed by atoms with Crippen LogP contribution in [-0.2, 0) is 4.79 Å². The second kappa shape index (κ2) is 8.25. The summed E-state index contributed by atoms with van der Waals surface area (Å²) in [5.74, 6) is -1.22. The number of amides is 2. The van der Waals surface area contributed by atoms with Gasteiger partial charge in [0.05, 0.1) is 5.92 Å². The minimum atomic E-state index is -0.786. The maximum Gasteiger partial charge on any atom is 0.315 e. The van der Waals surface area contributed by atoms with Gasteiger partial charge in [0.1, 0.15) is 0 Å². The van der Waals surface area contributed by atoms with Gasteiger partial charge in [0.2, 0.25) is 0 Å². The van der Waals surface area contributed by atoms with Crippen LogP contribution in [0.3, 0.4) is 0 Å². The van der Waals surface area contributed by atoms with Crippen LogP contribution in [0.5, 0.6) is 0 Å². The van der Waals surface area contributed by atoms with E-state index in [4.69, 9.17) is 0 Å². The third-order valence-corrected chi connectivity index (χ3v) is 4.84. The van der Waals surface area contributed by atoms with Gasteiger partial charge in [-0.05, 0) is 25.7 Å². The molecule has 120 valence electrons. The second-order valence-corrected chi connectivity index (χ2v) is 6.50. The molecule has 2 saturated carbocycles. The topological polar surface area (TPSA) is 78.4 Å². The number of hydrogen-bond acceptors (Lipinski definition) is 2. The average Bonchev–Trinajstić information content (AvgIpc) is 2.42. The predicted octanol–water partition coefficient (Wildman–Crippen LogP) is 3.04. The molecule has 0 spiro atoms. The zero-order chi connectivity index (χ0) is 15.1. The summed E-state index contributed by atoms with van der Waals surface area (Å²) in [5.41, 5.74) is 0. The van der Waals surface area contributed by atoms with Gasteiger partial charge in [-0.1, -0.05) is 44.9 Å². The highest BCUT2D eigenvalue weighted by Crippen LogP contribution is 2.24. The van der Waals surface area contributed by atoms with Crippen molar-refractivity contribution in [3.63, 3.8) is 0 Å². The minimum Gasteiger partial charge on any atom is -0.481 e. The smallest absolute Gasteiger partial charge is 0.315 e. The summed E-state index contributed by atoms with van der Waals surface area (Å²) in [4.78, 5) is 23.4. The van der Waals surface area contributed by atoms with Crippen LogP contribution in [0.1, 0.15) is 70.6 Å². The van der Waals surface area contributed by atoms with Crippen molar-refractivity contribution < 1.29 is 14.7 Å². The van der Waals surface area contributed by atoms with E-state index < -0.39 is 11.9 Å². The van der Waals surface area contributed by atoms with Crippen LogP contribution < -0.4 is 10.6 Å². The van der Waals surface area contributed by atoms with Crippen LogP contribution >= 0.6 is 0 Å². The highest BCUT2D eigenvalue weighted by molar-refractivity contribution is 5.77. The Bertz CT molecular complexity index is 351. The standard InChI is InChI=1S/C16H28N2O3/c19-15(20)13-10-6-7-11-14(13)18-16(21)17-12-8-4-2-1-3-5-9-12/h12-14H,1-11H2,(H,19,20)(H2,17,18,21). The van der Waals surface area contributed by atoms with Gasteiger partial charge in [0, 0.05) is 12.1 Å². The molecule has 5 nitrogen and oxygen atoms in total. The zero-order valence-corrected chi connectivity index (χ0v) is 12.8. The number of urea groups is 1. The monoisotopic (exact) mass is 296 g/mol. The average molecular weight is 296 g/mol. The molecule has 2 atom stereocenters. The molecule has 0 aliphatic heterocycles. The van der Waals surface area contributed by atoms with Gasteiger partial charge in [0.25, 0.3) is 0 Å². The lowest BCUT2D eigenvalue weighted by Crippen LogP contribution is -2.51. The highest BCUT2D eigenvalue weighted by atomic mass is 16.4. The summed E-state index contributed by atoms with van der Waals surface area (Å²) < 4.78 is 0. The van der Waals surface area contributed by atoms with E-state index in [0.717, 1.165) is 32.1 Å². The van der Waals surface area contributed by atoms with Gasteiger partial charge in [-0.15, -0.1) is 0 Å². The lowest BCUT2D eigenvalue weighted by atomic mass is 9.84. The van der Waals surface area contributed by atoms with Gasteiger partial charge in [0.15, 0.2) is 0 Å². The summed E-state index contributed by atoms with van der Waals surface area (Å²) in [5, 5.41) is 15.2. The zero-order valence-electron chi connectivity index (χ0n) is 12.8. The molecule has 2 unspecified atom stereocenters. The van der Waals surface area contributed by atoms with E-state index in [2.05, 4.69) is 10.6 Å². The molecule has 5 heteroatoms. The number of nitrogens with one attached hydrogen (secondary N) is 2. The molecule has 0 aromatic rings. The number of hydrogen-bond donors (Lipinski definition) is 3. The molecule has 2 rings (SSSR count). The van der Waals surface area contributed by atoms with E-state index in [9.17, 15) is 14.7 Å². The molecule has 2 amide bonds. The lowest BCUT2D eigenvalue weighted by molar-refractivity contribution is -0.143. The summed E-state index contributed by atoms with van der Waals surface area (Å²) in [7, 11) is 0. The van der Waals surface area contributed by atoms with Gasteiger partial charge < -0.3 is 15.7 Å². The SMILES string of the molecule is O=C(NC1CCCCCCC1)NC1CCCCC1C(=O)O. The molecule has 21 heavy (non-hydrogen) atoms. The number of carboxylic acids is 1. The van der Waals surface area contributed by atoms with Crippen molar-refractivity contribution in [2.24, 2.45) is 5.92 Å². The fourth-order valence-electron chi connectivity index (χ4n) is 3.60. The van der Waals surface area contributed by atoms with Crippen LogP contribution in [0.2, 0.25) is 0 Å². The molecule has 0 saturated heterocycles. The normalized spacial score (nSPS) is 28.2. The van der Waals surface area contributed by atoms with E-state index >= 15 is 0 Å².